The third kappa shape index (κ3) is 13.4. The smallest absolute Gasteiger partial charge is 0.262 e. The molecule has 3 saturated heterocycles. The Morgan fingerprint density at radius 2 is 0.912 bits per heavy atom. The number of imide groups is 2. The molecule has 7 heterocycles. The van der Waals surface area contributed by atoms with Gasteiger partial charge in [-0.25, -0.2) is 0 Å². The number of aromatic nitrogens is 1. The standard InChI is InChI=1S/C20H23NO2.2C18H20N2O3.C18H22N2O2/c1-13-5-8-17(18(22)11-13)21-10-9-14-12-15(20(2,3)4)6-7-16(14)19(21)23;1-10-5-8-14(15(21)19-10)20-16(22)12-7-6-11(18(2,3)4)9-13(12)17(20)23;1-10-8-9-13(15(21)19-10)20-16(22)11-6-5-7-12(18(2,3)4)14(11)17(20)23;1-11-8-9-15(16(21)19-11)20-10-13-12(17(20)22)6-5-7-14(13)18(2,3)4/h6-7,9-10,12,17H,1,5,8,11H2,2-4H3;6-7,9,14H,1,5,8H2,2-4H3,(H,19,21);5-7,13H,1,8-9H2,2-4H3,(H,19,21);5-7,15H,1,8-10H2,2-4H3,(H,19,21). The van der Waals surface area contributed by atoms with E-state index in [0.29, 0.717) is 90.5 Å². The van der Waals surface area contributed by atoms with E-state index >= 15 is 0 Å². The Morgan fingerprint density at radius 3 is 1.44 bits per heavy atom. The van der Waals surface area contributed by atoms with E-state index in [9.17, 15) is 47.9 Å². The van der Waals surface area contributed by atoms with Gasteiger partial charge in [-0.2, -0.15) is 0 Å². The monoisotopic (exact) mass is 1230 g/mol. The van der Waals surface area contributed by atoms with E-state index in [4.69, 9.17) is 0 Å². The molecule has 3 N–H and O–H groups in total. The van der Waals surface area contributed by atoms with Crippen LogP contribution in [0.25, 0.3) is 10.8 Å². The van der Waals surface area contributed by atoms with Crippen molar-refractivity contribution in [1.82, 2.24) is 35.2 Å². The van der Waals surface area contributed by atoms with Gasteiger partial charge in [-0.05, 0) is 143 Å². The first-order chi connectivity index (χ1) is 42.5. The number of pyridine rings is 1. The van der Waals surface area contributed by atoms with Gasteiger partial charge in [0.25, 0.3) is 35.1 Å². The number of carbonyl (C=O) groups is 9. The van der Waals surface area contributed by atoms with Gasteiger partial charge in [0, 0.05) is 47.2 Å². The second-order valence-corrected chi connectivity index (χ2v) is 28.9. The van der Waals surface area contributed by atoms with Crippen molar-refractivity contribution in [2.24, 2.45) is 0 Å². The first-order valence-corrected chi connectivity index (χ1v) is 31.3. The van der Waals surface area contributed by atoms with Crippen LogP contribution in [0.15, 0.2) is 139 Å². The Balaban J connectivity index is 0.000000144. The van der Waals surface area contributed by atoms with Crippen molar-refractivity contribution >= 4 is 63.8 Å². The minimum Gasteiger partial charge on any atom is -0.329 e. The van der Waals surface area contributed by atoms with Crippen molar-refractivity contribution in [3.8, 4) is 0 Å². The molecule has 1 aliphatic carbocycles. The number of piperidine rings is 3. The molecule has 6 aliphatic heterocycles. The lowest BCUT2D eigenvalue weighted by molar-refractivity contribution is -0.126. The average molecular weight is 1230 g/mol. The second kappa shape index (κ2) is 24.9. The molecule has 0 spiro atoms. The van der Waals surface area contributed by atoms with Crippen LogP contribution >= 0.6 is 0 Å². The fourth-order valence-corrected chi connectivity index (χ4v) is 12.8. The summed E-state index contributed by atoms with van der Waals surface area (Å²) in [5.74, 6) is -2.27. The summed E-state index contributed by atoms with van der Waals surface area (Å²) in [5, 5.41) is 9.66. The van der Waals surface area contributed by atoms with Gasteiger partial charge in [-0.15, -0.1) is 0 Å². The topological polar surface area (TPSA) is 221 Å². The number of fused-ring (bicyclic) bond motifs is 4. The Kier molecular flexibility index (Phi) is 18.2. The van der Waals surface area contributed by atoms with Gasteiger partial charge in [0.2, 0.25) is 17.7 Å². The molecule has 476 valence electrons. The zero-order valence-electron chi connectivity index (χ0n) is 54.7. The highest BCUT2D eigenvalue weighted by molar-refractivity contribution is 6.24. The van der Waals surface area contributed by atoms with Crippen LogP contribution in [0.5, 0.6) is 0 Å². The predicted molar refractivity (Wildman–Crippen MR) is 351 cm³/mol. The summed E-state index contributed by atoms with van der Waals surface area (Å²) in [6.45, 7) is 40.7. The number of rotatable bonds is 4. The van der Waals surface area contributed by atoms with Gasteiger partial charge < -0.3 is 25.4 Å². The minimum absolute atomic E-state index is 0.0231. The molecule has 0 bridgehead atoms. The van der Waals surface area contributed by atoms with Gasteiger partial charge in [-0.3, -0.25) is 57.7 Å². The summed E-state index contributed by atoms with van der Waals surface area (Å²) in [6.07, 6.45) is 6.98. The summed E-state index contributed by atoms with van der Waals surface area (Å²) in [6, 6.07) is 22.2. The van der Waals surface area contributed by atoms with Crippen LogP contribution in [0, 0.1) is 0 Å². The molecule has 1 saturated carbocycles. The summed E-state index contributed by atoms with van der Waals surface area (Å²) in [4.78, 5) is 129. The maximum Gasteiger partial charge on any atom is 0.262 e. The molecular formula is C74H85N7O10. The Hall–Kier alpha value is -9.12. The zero-order chi connectivity index (χ0) is 66.7. The third-order valence-electron chi connectivity index (χ3n) is 18.0. The largest absolute Gasteiger partial charge is 0.329 e. The summed E-state index contributed by atoms with van der Waals surface area (Å²) in [7, 11) is 0. The number of nitrogens with zero attached hydrogens (tertiary/aromatic N) is 4. The summed E-state index contributed by atoms with van der Waals surface area (Å²) < 4.78 is 1.61. The van der Waals surface area contributed by atoms with Gasteiger partial charge in [0.1, 0.15) is 18.1 Å². The molecule has 1 aromatic heterocycles. The molecular weight excluding hydrogens is 1150 g/mol. The normalized spacial score (nSPS) is 21.1. The zero-order valence-corrected chi connectivity index (χ0v) is 54.7. The quantitative estimate of drug-likeness (QED) is 0.114. The van der Waals surface area contributed by atoms with E-state index in [2.05, 4.69) is 95.9 Å². The average Bonchev–Trinajstić information content (AvgIpc) is 1.65. The SMILES string of the molecule is C=C1CCC(N2C(=O)c3ccc(C(C)(C)C)cc3C2=O)C(=O)N1.C=C1CCC(N2C(=O)c3cccc(C(C)(C)C)c3C2=O)C(=O)N1.C=C1CCC(N2Cc3c(cccc3C(C)(C)C)C2=O)C(=O)N1.C=C1CCC(n2ccc3cc(C(C)(C)C)ccc3c2=O)C(=O)C1. The number of Topliss-reactive ketones (excluding diaryl/α,β-unsaturated/α-hetero) is 1. The molecule has 12 rings (SSSR count). The number of carbonyl (C=O) groups excluding carboxylic acids is 9. The number of hydrogen-bond donors (Lipinski definition) is 3. The lowest BCUT2D eigenvalue weighted by Gasteiger charge is -2.31. The van der Waals surface area contributed by atoms with Crippen LogP contribution in [-0.2, 0) is 47.4 Å². The predicted octanol–water partition coefficient (Wildman–Crippen LogP) is 11.6. The molecule has 8 amide bonds. The van der Waals surface area contributed by atoms with E-state index in [1.165, 1.54) is 11.1 Å². The molecule has 17 nitrogen and oxygen atoms in total. The van der Waals surface area contributed by atoms with Crippen LogP contribution in [0.1, 0.15) is 227 Å². The Morgan fingerprint density at radius 1 is 0.440 bits per heavy atom. The van der Waals surface area contributed by atoms with Gasteiger partial charge in [0.15, 0.2) is 5.78 Å². The van der Waals surface area contributed by atoms with Crippen molar-refractivity contribution in [2.45, 2.75) is 193 Å². The van der Waals surface area contributed by atoms with Gasteiger partial charge in [0.05, 0.1) is 28.3 Å². The number of hydrogen-bond acceptors (Lipinski definition) is 10. The van der Waals surface area contributed by atoms with E-state index in [1.54, 1.807) is 39.9 Å². The van der Waals surface area contributed by atoms with Crippen molar-refractivity contribution in [3.05, 3.63) is 200 Å². The molecule has 4 unspecified atom stereocenters. The summed E-state index contributed by atoms with van der Waals surface area (Å²) >= 11 is 0. The highest BCUT2D eigenvalue weighted by atomic mass is 16.2. The molecule has 4 fully saturated rings. The minimum atomic E-state index is -0.763. The summed E-state index contributed by atoms with van der Waals surface area (Å²) in [5.41, 5.74) is 10.1. The fraction of sp³-hybridized carbons (Fsp3) is 0.405. The number of amides is 8. The number of ketones is 1. The van der Waals surface area contributed by atoms with Crippen LogP contribution in [0.4, 0.5) is 0 Å². The van der Waals surface area contributed by atoms with Crippen molar-refractivity contribution in [2.75, 3.05) is 0 Å². The van der Waals surface area contributed by atoms with E-state index < -0.39 is 24.0 Å². The van der Waals surface area contributed by atoms with Crippen LogP contribution in [-0.4, -0.2) is 90.4 Å². The molecule has 0 radical (unpaired) electrons. The Bertz CT molecular complexity index is 4040. The van der Waals surface area contributed by atoms with E-state index in [0.717, 1.165) is 61.6 Å². The lowest BCUT2D eigenvalue weighted by Crippen LogP contribution is -2.51. The third-order valence-corrected chi connectivity index (χ3v) is 18.0. The van der Waals surface area contributed by atoms with Crippen LogP contribution < -0.4 is 21.5 Å². The first kappa shape index (κ1) is 66.3. The maximum absolute atomic E-state index is 12.9. The number of nitrogens with one attached hydrogen (secondary N) is 3. The van der Waals surface area contributed by atoms with E-state index in [-0.39, 0.29) is 80.4 Å². The van der Waals surface area contributed by atoms with Crippen LogP contribution in [0.2, 0.25) is 0 Å². The highest BCUT2D eigenvalue weighted by Gasteiger charge is 2.47. The first-order valence-electron chi connectivity index (χ1n) is 31.3. The molecule has 4 aromatic carbocycles. The number of benzene rings is 4. The lowest BCUT2D eigenvalue weighted by atomic mass is 9.82. The second-order valence-electron chi connectivity index (χ2n) is 28.9. The fourth-order valence-electron chi connectivity index (χ4n) is 12.8. The van der Waals surface area contributed by atoms with E-state index in [1.807, 2.05) is 84.0 Å². The molecule has 91 heavy (non-hydrogen) atoms. The van der Waals surface area contributed by atoms with Gasteiger partial charge >= 0.3 is 0 Å². The maximum atomic E-state index is 12.9. The van der Waals surface area contributed by atoms with Crippen molar-refractivity contribution in [1.29, 1.82) is 0 Å². The molecule has 4 atom stereocenters. The molecule has 5 aromatic rings. The van der Waals surface area contributed by atoms with Gasteiger partial charge in [-0.1, -0.05) is 157 Å². The Labute approximate surface area is 533 Å². The number of allylic oxidation sites excluding steroid dienone is 4. The van der Waals surface area contributed by atoms with Crippen LogP contribution in [0.3, 0.4) is 0 Å². The molecule has 17 heteroatoms. The molecule has 7 aliphatic rings. The van der Waals surface area contributed by atoms with Crippen molar-refractivity contribution < 1.29 is 43.2 Å². The van der Waals surface area contributed by atoms with Crippen molar-refractivity contribution in [3.63, 3.8) is 0 Å². The highest BCUT2D eigenvalue weighted by Crippen LogP contribution is 2.39.